The zero-order valence-electron chi connectivity index (χ0n) is 15.8. The number of hydrogen-bond donors (Lipinski definition) is 2. The molecule has 0 spiro atoms. The standard InChI is InChI=1S/C21H23N3O3S/c1-21(15-10-6-4-7-11-15)19(26)24(20(27)22-21)23-18(25)17-13-14-9-5-2-3-8-12-16(14)28-17/h4,6-7,10-11,13H,2-3,5,8-9,12H2,1H3,(H,22,27)(H,23,25). The van der Waals surface area contributed by atoms with E-state index in [1.165, 1.54) is 34.6 Å². The molecular formula is C21H23N3O3S. The molecule has 1 aromatic carbocycles. The summed E-state index contributed by atoms with van der Waals surface area (Å²) in [5.41, 5.74) is 3.20. The highest BCUT2D eigenvalue weighted by Crippen LogP contribution is 2.30. The summed E-state index contributed by atoms with van der Waals surface area (Å²) in [7, 11) is 0. The average molecular weight is 398 g/mol. The summed E-state index contributed by atoms with van der Waals surface area (Å²) >= 11 is 1.47. The second-order valence-electron chi connectivity index (χ2n) is 7.48. The molecule has 1 aliphatic heterocycles. The van der Waals surface area contributed by atoms with Gasteiger partial charge in [0.1, 0.15) is 5.54 Å². The lowest BCUT2D eigenvalue weighted by Crippen LogP contribution is -2.47. The summed E-state index contributed by atoms with van der Waals surface area (Å²) in [6, 6.07) is 10.3. The molecule has 2 N–H and O–H groups in total. The maximum Gasteiger partial charge on any atom is 0.344 e. The minimum absolute atomic E-state index is 0.419. The van der Waals surface area contributed by atoms with Crippen molar-refractivity contribution < 1.29 is 14.4 Å². The number of fused-ring (bicyclic) bond motifs is 1. The van der Waals surface area contributed by atoms with Crippen molar-refractivity contribution in [1.29, 1.82) is 0 Å². The molecule has 0 bridgehead atoms. The Bertz CT molecular complexity index is 899. The number of benzene rings is 1. The Morgan fingerprint density at radius 2 is 1.82 bits per heavy atom. The minimum atomic E-state index is -1.20. The average Bonchev–Trinajstić information content (AvgIpc) is 3.16. The van der Waals surface area contributed by atoms with Crippen molar-refractivity contribution in [2.24, 2.45) is 0 Å². The van der Waals surface area contributed by atoms with Crippen LogP contribution in [0, 0.1) is 0 Å². The summed E-state index contributed by atoms with van der Waals surface area (Å²) in [4.78, 5) is 39.9. The van der Waals surface area contributed by atoms with Crippen LogP contribution >= 0.6 is 11.3 Å². The van der Waals surface area contributed by atoms with Gasteiger partial charge in [-0.2, -0.15) is 5.01 Å². The number of rotatable bonds is 3. The lowest BCUT2D eigenvalue weighted by atomic mass is 9.92. The molecule has 6 nitrogen and oxygen atoms in total. The first-order valence-electron chi connectivity index (χ1n) is 9.64. The van der Waals surface area contributed by atoms with E-state index < -0.39 is 23.4 Å². The van der Waals surface area contributed by atoms with Crippen LogP contribution in [0.25, 0.3) is 0 Å². The van der Waals surface area contributed by atoms with Gasteiger partial charge in [-0.15, -0.1) is 11.3 Å². The number of nitrogens with zero attached hydrogens (tertiary/aromatic N) is 1. The third-order valence-corrected chi connectivity index (χ3v) is 6.71. The monoisotopic (exact) mass is 397 g/mol. The summed E-state index contributed by atoms with van der Waals surface area (Å²) in [5.74, 6) is -0.912. The van der Waals surface area contributed by atoms with Crippen LogP contribution in [0.3, 0.4) is 0 Å². The molecule has 1 unspecified atom stereocenters. The van der Waals surface area contributed by atoms with E-state index in [-0.39, 0.29) is 0 Å². The molecule has 4 amide bonds. The number of aryl methyl sites for hydroxylation is 2. The predicted octanol–water partition coefficient (Wildman–Crippen LogP) is 3.52. The Labute approximate surface area is 167 Å². The van der Waals surface area contributed by atoms with Gasteiger partial charge in [0.25, 0.3) is 11.8 Å². The Morgan fingerprint density at radius 1 is 1.11 bits per heavy atom. The first-order chi connectivity index (χ1) is 13.5. The van der Waals surface area contributed by atoms with Crippen molar-refractivity contribution in [2.75, 3.05) is 0 Å². The first kappa shape index (κ1) is 18.7. The minimum Gasteiger partial charge on any atom is -0.318 e. The number of carbonyl (C=O) groups is 3. The van der Waals surface area contributed by atoms with Crippen LogP contribution in [-0.4, -0.2) is 22.9 Å². The maximum atomic E-state index is 12.9. The van der Waals surface area contributed by atoms with Crippen LogP contribution in [0.1, 0.15) is 58.3 Å². The molecular weight excluding hydrogens is 374 g/mol. The summed E-state index contributed by atoms with van der Waals surface area (Å²) in [5, 5.41) is 3.49. The normalized spacial score (nSPS) is 22.2. The molecule has 2 heterocycles. The highest BCUT2D eigenvalue weighted by Gasteiger charge is 2.50. The second kappa shape index (κ2) is 7.39. The lowest BCUT2D eigenvalue weighted by Gasteiger charge is -2.21. The van der Waals surface area contributed by atoms with E-state index in [0.717, 1.165) is 30.7 Å². The lowest BCUT2D eigenvalue weighted by molar-refractivity contribution is -0.132. The largest absolute Gasteiger partial charge is 0.344 e. The topological polar surface area (TPSA) is 78.5 Å². The molecule has 2 aromatic rings. The molecule has 7 heteroatoms. The van der Waals surface area contributed by atoms with Gasteiger partial charge in [-0.25, -0.2) is 4.79 Å². The van der Waals surface area contributed by atoms with Crippen molar-refractivity contribution in [1.82, 2.24) is 15.8 Å². The van der Waals surface area contributed by atoms with Gasteiger partial charge in [0, 0.05) is 4.88 Å². The van der Waals surface area contributed by atoms with E-state index in [9.17, 15) is 14.4 Å². The molecule has 2 aliphatic rings. The van der Waals surface area contributed by atoms with Crippen LogP contribution in [0.2, 0.25) is 0 Å². The quantitative estimate of drug-likeness (QED) is 0.778. The fourth-order valence-corrected chi connectivity index (χ4v) is 4.96. The van der Waals surface area contributed by atoms with Gasteiger partial charge in [0.05, 0.1) is 4.88 Å². The third-order valence-electron chi connectivity index (χ3n) is 5.48. The van der Waals surface area contributed by atoms with Crippen LogP contribution in [0.15, 0.2) is 36.4 Å². The number of urea groups is 1. The van der Waals surface area contributed by atoms with Crippen LogP contribution in [-0.2, 0) is 23.2 Å². The predicted molar refractivity (Wildman–Crippen MR) is 107 cm³/mol. The Balaban J connectivity index is 1.53. The molecule has 1 aliphatic carbocycles. The van der Waals surface area contributed by atoms with Gasteiger partial charge in [0.2, 0.25) is 0 Å². The van der Waals surface area contributed by atoms with Crippen molar-refractivity contribution in [2.45, 2.75) is 51.0 Å². The van der Waals surface area contributed by atoms with Gasteiger partial charge in [0.15, 0.2) is 0 Å². The molecule has 0 saturated carbocycles. The van der Waals surface area contributed by atoms with E-state index in [4.69, 9.17) is 0 Å². The van der Waals surface area contributed by atoms with Gasteiger partial charge >= 0.3 is 6.03 Å². The smallest absolute Gasteiger partial charge is 0.318 e. The summed E-state index contributed by atoms with van der Waals surface area (Å²) < 4.78 is 0. The number of amides is 4. The zero-order valence-corrected chi connectivity index (χ0v) is 16.6. The van der Waals surface area contributed by atoms with Crippen LogP contribution in [0.4, 0.5) is 4.79 Å². The number of thiophene rings is 1. The zero-order chi connectivity index (χ0) is 19.7. The number of imide groups is 1. The summed E-state index contributed by atoms with van der Waals surface area (Å²) in [6.07, 6.45) is 6.68. The highest BCUT2D eigenvalue weighted by molar-refractivity contribution is 7.14. The van der Waals surface area contributed by atoms with E-state index in [1.54, 1.807) is 19.1 Å². The number of nitrogens with one attached hydrogen (secondary N) is 2. The van der Waals surface area contributed by atoms with E-state index in [1.807, 2.05) is 24.3 Å². The first-order valence-corrected chi connectivity index (χ1v) is 10.5. The van der Waals surface area contributed by atoms with Gasteiger partial charge in [-0.1, -0.05) is 43.2 Å². The van der Waals surface area contributed by atoms with Crippen LogP contribution in [0.5, 0.6) is 0 Å². The van der Waals surface area contributed by atoms with E-state index in [2.05, 4.69) is 10.7 Å². The number of hydrazine groups is 1. The Kier molecular flexibility index (Phi) is 4.93. The highest BCUT2D eigenvalue weighted by atomic mass is 32.1. The van der Waals surface area contributed by atoms with E-state index in [0.29, 0.717) is 10.4 Å². The molecule has 4 rings (SSSR count). The molecule has 1 fully saturated rings. The molecule has 28 heavy (non-hydrogen) atoms. The molecule has 1 saturated heterocycles. The Hall–Kier alpha value is -2.67. The van der Waals surface area contributed by atoms with Crippen molar-refractivity contribution in [3.05, 3.63) is 57.3 Å². The van der Waals surface area contributed by atoms with Gasteiger partial charge in [-0.3, -0.25) is 15.0 Å². The maximum absolute atomic E-state index is 12.9. The Morgan fingerprint density at radius 3 is 2.57 bits per heavy atom. The molecule has 146 valence electrons. The summed E-state index contributed by atoms with van der Waals surface area (Å²) in [6.45, 7) is 1.64. The van der Waals surface area contributed by atoms with Gasteiger partial charge in [-0.05, 0) is 49.8 Å². The SMILES string of the molecule is CC1(c2ccccc2)NC(=O)N(NC(=O)c2cc3c(s2)CCCCCC3)C1=O. The fourth-order valence-electron chi connectivity index (χ4n) is 3.82. The van der Waals surface area contributed by atoms with Crippen LogP contribution < -0.4 is 10.7 Å². The molecule has 1 aromatic heterocycles. The second-order valence-corrected chi connectivity index (χ2v) is 8.61. The third kappa shape index (κ3) is 3.30. The molecule has 0 radical (unpaired) electrons. The van der Waals surface area contributed by atoms with Crippen molar-refractivity contribution in [3.63, 3.8) is 0 Å². The number of carbonyl (C=O) groups excluding carboxylic acids is 3. The van der Waals surface area contributed by atoms with Gasteiger partial charge < -0.3 is 5.32 Å². The fraction of sp³-hybridized carbons (Fsp3) is 0.381. The van der Waals surface area contributed by atoms with E-state index >= 15 is 0 Å². The molecule has 1 atom stereocenters. The number of hydrogen-bond acceptors (Lipinski definition) is 4. The van der Waals surface area contributed by atoms with Crippen molar-refractivity contribution >= 4 is 29.2 Å². The van der Waals surface area contributed by atoms with Crippen molar-refractivity contribution in [3.8, 4) is 0 Å².